The van der Waals surface area contributed by atoms with Gasteiger partial charge in [-0.25, -0.2) is 9.18 Å². The van der Waals surface area contributed by atoms with Crippen molar-refractivity contribution in [1.29, 1.82) is 0 Å². The fourth-order valence-electron chi connectivity index (χ4n) is 1.95. The normalized spacial score (nSPS) is 14.5. The molecule has 1 aliphatic rings. The first-order chi connectivity index (χ1) is 9.08. The van der Waals surface area contributed by atoms with Crippen LogP contribution in [0.5, 0.6) is 5.75 Å². The maximum absolute atomic E-state index is 13.5. The zero-order chi connectivity index (χ0) is 13.8. The van der Waals surface area contributed by atoms with E-state index in [0.717, 1.165) is 18.9 Å². The van der Waals surface area contributed by atoms with Gasteiger partial charge in [-0.15, -0.1) is 0 Å². The monoisotopic (exact) mass is 267 g/mol. The van der Waals surface area contributed by atoms with E-state index in [-0.39, 0.29) is 23.8 Å². The van der Waals surface area contributed by atoms with Crippen molar-refractivity contribution in [1.82, 2.24) is 4.90 Å². The SMILES string of the molecule is O=C(O)c1ccc(OCC(=O)N2CCCC2)c(F)c1. The molecule has 1 aliphatic heterocycles. The number of carboxylic acids is 1. The Bertz CT molecular complexity index is 497. The number of ether oxygens (including phenoxy) is 1. The van der Waals surface area contributed by atoms with Crippen LogP contribution in [0.25, 0.3) is 0 Å². The van der Waals surface area contributed by atoms with Gasteiger partial charge in [-0.2, -0.15) is 0 Å². The number of carbonyl (C=O) groups is 2. The van der Waals surface area contributed by atoms with Crippen molar-refractivity contribution in [2.75, 3.05) is 19.7 Å². The Labute approximate surface area is 109 Å². The van der Waals surface area contributed by atoms with Crippen molar-refractivity contribution in [3.8, 4) is 5.75 Å². The van der Waals surface area contributed by atoms with Crippen LogP contribution in [0.3, 0.4) is 0 Å². The molecule has 1 amide bonds. The second-order valence-corrected chi connectivity index (χ2v) is 4.33. The van der Waals surface area contributed by atoms with Crippen molar-refractivity contribution in [3.63, 3.8) is 0 Å². The molecule has 0 bridgehead atoms. The minimum absolute atomic E-state index is 0.113. The lowest BCUT2D eigenvalue weighted by Crippen LogP contribution is -2.32. The van der Waals surface area contributed by atoms with Crippen LogP contribution < -0.4 is 4.74 Å². The molecule has 0 atom stereocenters. The summed E-state index contributed by atoms with van der Waals surface area (Å²) in [6.07, 6.45) is 1.96. The van der Waals surface area contributed by atoms with Gasteiger partial charge < -0.3 is 14.7 Å². The van der Waals surface area contributed by atoms with Crippen molar-refractivity contribution < 1.29 is 23.8 Å². The smallest absolute Gasteiger partial charge is 0.335 e. The fourth-order valence-corrected chi connectivity index (χ4v) is 1.95. The number of likely N-dealkylation sites (tertiary alicyclic amines) is 1. The van der Waals surface area contributed by atoms with Crippen molar-refractivity contribution >= 4 is 11.9 Å². The Morgan fingerprint density at radius 2 is 2.00 bits per heavy atom. The lowest BCUT2D eigenvalue weighted by molar-refractivity contribution is -0.132. The predicted molar refractivity (Wildman–Crippen MR) is 64.7 cm³/mol. The summed E-state index contributed by atoms with van der Waals surface area (Å²) < 4.78 is 18.6. The van der Waals surface area contributed by atoms with Gasteiger partial charge in [-0.3, -0.25) is 4.79 Å². The summed E-state index contributed by atoms with van der Waals surface area (Å²) in [5.74, 6) is -2.29. The molecule has 102 valence electrons. The zero-order valence-electron chi connectivity index (χ0n) is 10.3. The highest BCUT2D eigenvalue weighted by Crippen LogP contribution is 2.18. The number of hydrogen-bond acceptors (Lipinski definition) is 3. The Balaban J connectivity index is 1.95. The second-order valence-electron chi connectivity index (χ2n) is 4.33. The van der Waals surface area contributed by atoms with Gasteiger partial charge in [0.15, 0.2) is 18.2 Å². The summed E-state index contributed by atoms with van der Waals surface area (Å²) in [7, 11) is 0. The van der Waals surface area contributed by atoms with Gasteiger partial charge in [0.2, 0.25) is 0 Å². The lowest BCUT2D eigenvalue weighted by Gasteiger charge is -2.15. The fraction of sp³-hybridized carbons (Fsp3) is 0.385. The molecule has 6 heteroatoms. The molecule has 5 nitrogen and oxygen atoms in total. The molecule has 0 radical (unpaired) electrons. The number of rotatable bonds is 4. The number of hydrogen-bond donors (Lipinski definition) is 1. The van der Waals surface area contributed by atoms with Crippen LogP contribution in [-0.2, 0) is 4.79 Å². The predicted octanol–water partition coefficient (Wildman–Crippen LogP) is 1.53. The number of halogens is 1. The second kappa shape index (κ2) is 5.69. The van der Waals surface area contributed by atoms with Crippen LogP contribution in [0.4, 0.5) is 4.39 Å². The number of nitrogens with zero attached hydrogens (tertiary/aromatic N) is 1. The highest BCUT2D eigenvalue weighted by atomic mass is 19.1. The minimum Gasteiger partial charge on any atom is -0.481 e. The van der Waals surface area contributed by atoms with Gasteiger partial charge in [0, 0.05) is 13.1 Å². The average Bonchev–Trinajstić information content (AvgIpc) is 2.90. The molecule has 1 aromatic carbocycles. The highest BCUT2D eigenvalue weighted by molar-refractivity contribution is 5.87. The zero-order valence-corrected chi connectivity index (χ0v) is 10.3. The number of carbonyl (C=O) groups excluding carboxylic acids is 1. The van der Waals surface area contributed by atoms with Crippen molar-refractivity contribution in [2.24, 2.45) is 0 Å². The molecule has 1 fully saturated rings. The van der Waals surface area contributed by atoms with Gasteiger partial charge in [-0.05, 0) is 31.0 Å². The molecule has 1 N–H and O–H groups in total. The van der Waals surface area contributed by atoms with Crippen LogP contribution in [0.1, 0.15) is 23.2 Å². The first-order valence-electron chi connectivity index (χ1n) is 6.01. The first-order valence-corrected chi connectivity index (χ1v) is 6.01. The molecule has 1 aromatic rings. The third-order valence-electron chi connectivity index (χ3n) is 2.99. The summed E-state index contributed by atoms with van der Waals surface area (Å²) in [6.45, 7) is 1.19. The van der Waals surface area contributed by atoms with E-state index < -0.39 is 11.8 Å². The van der Waals surface area contributed by atoms with Gasteiger partial charge >= 0.3 is 5.97 Å². The van der Waals surface area contributed by atoms with Crippen LogP contribution >= 0.6 is 0 Å². The molecular formula is C13H14FNO4. The highest BCUT2D eigenvalue weighted by Gasteiger charge is 2.19. The van der Waals surface area contributed by atoms with Gasteiger partial charge in [0.1, 0.15) is 0 Å². The molecule has 19 heavy (non-hydrogen) atoms. The topological polar surface area (TPSA) is 66.8 Å². The van der Waals surface area contributed by atoms with Gasteiger partial charge in [0.05, 0.1) is 5.56 Å². The summed E-state index contributed by atoms with van der Waals surface area (Å²) in [5, 5.41) is 8.69. The minimum atomic E-state index is -1.21. The maximum atomic E-state index is 13.5. The van der Waals surface area contributed by atoms with Crippen LogP contribution in [-0.4, -0.2) is 41.6 Å². The molecule has 0 unspecified atom stereocenters. The summed E-state index contributed by atoms with van der Waals surface area (Å²) in [4.78, 5) is 24.0. The Hall–Kier alpha value is -2.11. The molecule has 0 aliphatic carbocycles. The third-order valence-corrected chi connectivity index (χ3v) is 2.99. The lowest BCUT2D eigenvalue weighted by atomic mass is 10.2. The standard InChI is InChI=1S/C13H14FNO4/c14-10-7-9(13(17)18)3-4-11(10)19-8-12(16)15-5-1-2-6-15/h3-4,7H,1-2,5-6,8H2,(H,17,18). The van der Waals surface area contributed by atoms with Crippen LogP contribution in [0, 0.1) is 5.82 Å². The molecule has 1 heterocycles. The van der Waals surface area contributed by atoms with Crippen molar-refractivity contribution in [2.45, 2.75) is 12.8 Å². The van der Waals surface area contributed by atoms with E-state index in [1.54, 1.807) is 4.90 Å². The molecule has 0 saturated carbocycles. The summed E-state index contributed by atoms with van der Waals surface area (Å²) in [5.41, 5.74) is -0.157. The first kappa shape index (κ1) is 13.3. The summed E-state index contributed by atoms with van der Waals surface area (Å²) >= 11 is 0. The maximum Gasteiger partial charge on any atom is 0.335 e. The number of carboxylic acid groups (broad SMARTS) is 1. The number of aromatic carboxylic acids is 1. The van der Waals surface area contributed by atoms with E-state index in [0.29, 0.717) is 13.1 Å². The van der Waals surface area contributed by atoms with Gasteiger partial charge in [0.25, 0.3) is 5.91 Å². The molecular weight excluding hydrogens is 253 g/mol. The Kier molecular flexibility index (Phi) is 3.99. The largest absolute Gasteiger partial charge is 0.481 e. The van der Waals surface area contributed by atoms with Gasteiger partial charge in [-0.1, -0.05) is 0 Å². The van der Waals surface area contributed by atoms with Crippen LogP contribution in [0.2, 0.25) is 0 Å². The molecule has 0 aromatic heterocycles. The van der Waals surface area contributed by atoms with E-state index in [1.165, 1.54) is 12.1 Å². The van der Waals surface area contributed by atoms with E-state index in [1.807, 2.05) is 0 Å². The van der Waals surface area contributed by atoms with Crippen molar-refractivity contribution in [3.05, 3.63) is 29.6 Å². The quantitative estimate of drug-likeness (QED) is 0.898. The number of amides is 1. The van der Waals surface area contributed by atoms with E-state index in [2.05, 4.69) is 0 Å². The molecule has 2 rings (SSSR count). The van der Waals surface area contributed by atoms with Crippen LogP contribution in [0.15, 0.2) is 18.2 Å². The third kappa shape index (κ3) is 3.21. The van der Waals surface area contributed by atoms with E-state index in [4.69, 9.17) is 9.84 Å². The average molecular weight is 267 g/mol. The molecule has 0 spiro atoms. The van der Waals surface area contributed by atoms with E-state index in [9.17, 15) is 14.0 Å². The Morgan fingerprint density at radius 3 is 2.58 bits per heavy atom. The molecule has 1 saturated heterocycles. The number of benzene rings is 1. The Morgan fingerprint density at radius 1 is 1.32 bits per heavy atom. The van der Waals surface area contributed by atoms with E-state index >= 15 is 0 Å². The summed E-state index contributed by atoms with van der Waals surface area (Å²) in [6, 6.07) is 3.33.